The van der Waals surface area contributed by atoms with E-state index in [0.717, 1.165) is 0 Å². The van der Waals surface area contributed by atoms with Crippen LogP contribution in [0.15, 0.2) is 18.2 Å². The molecule has 0 fully saturated rings. The van der Waals surface area contributed by atoms with Crippen LogP contribution in [-0.4, -0.2) is 18.1 Å². The van der Waals surface area contributed by atoms with Crippen molar-refractivity contribution in [2.24, 2.45) is 0 Å². The molecule has 0 saturated heterocycles. The predicted molar refractivity (Wildman–Crippen MR) is 57.4 cm³/mol. The van der Waals surface area contributed by atoms with Gasteiger partial charge in [-0.2, -0.15) is 0 Å². The number of nitro groups is 1. The molecule has 0 aliphatic carbocycles. The molecule has 0 aromatic heterocycles. The lowest BCUT2D eigenvalue weighted by Gasteiger charge is -2.04. The molecule has 1 N–H and O–H groups in total. The van der Waals surface area contributed by atoms with E-state index in [2.05, 4.69) is 10.1 Å². The number of amides is 1. The van der Waals surface area contributed by atoms with Crippen molar-refractivity contribution in [3.05, 3.63) is 38.9 Å². The Bertz CT molecular complexity index is 422. The molecule has 0 heterocycles. The van der Waals surface area contributed by atoms with E-state index in [1.54, 1.807) is 0 Å². The van der Waals surface area contributed by atoms with Crippen molar-refractivity contribution in [3.63, 3.8) is 0 Å². The highest BCUT2D eigenvalue weighted by molar-refractivity contribution is 6.30. The number of non-ortho nitro benzene ring substituents is 1. The van der Waals surface area contributed by atoms with Gasteiger partial charge >= 0.3 is 6.09 Å². The van der Waals surface area contributed by atoms with Crippen molar-refractivity contribution in [2.45, 2.75) is 6.54 Å². The third-order valence-corrected chi connectivity index (χ3v) is 1.99. The van der Waals surface area contributed by atoms with E-state index >= 15 is 0 Å². The molecule has 86 valence electrons. The van der Waals surface area contributed by atoms with Crippen molar-refractivity contribution < 1.29 is 14.5 Å². The summed E-state index contributed by atoms with van der Waals surface area (Å²) in [6.45, 7) is 0.119. The van der Waals surface area contributed by atoms with E-state index < -0.39 is 11.0 Å². The number of benzene rings is 1. The lowest BCUT2D eigenvalue weighted by molar-refractivity contribution is -0.384. The summed E-state index contributed by atoms with van der Waals surface area (Å²) < 4.78 is 4.36. The average molecular weight is 245 g/mol. The third kappa shape index (κ3) is 3.39. The number of alkyl carbamates (subject to hydrolysis) is 1. The maximum absolute atomic E-state index is 10.8. The maximum Gasteiger partial charge on any atom is 0.407 e. The van der Waals surface area contributed by atoms with Crippen molar-refractivity contribution >= 4 is 23.4 Å². The van der Waals surface area contributed by atoms with Gasteiger partial charge in [0.15, 0.2) is 0 Å². The van der Waals surface area contributed by atoms with Gasteiger partial charge < -0.3 is 10.1 Å². The first-order chi connectivity index (χ1) is 7.52. The summed E-state index contributed by atoms with van der Waals surface area (Å²) >= 11 is 5.69. The molecule has 1 amide bonds. The number of nitrogens with zero attached hydrogens (tertiary/aromatic N) is 1. The zero-order valence-electron chi connectivity index (χ0n) is 8.40. The largest absolute Gasteiger partial charge is 0.453 e. The first-order valence-electron chi connectivity index (χ1n) is 4.28. The van der Waals surface area contributed by atoms with Crippen LogP contribution in [0, 0.1) is 10.1 Å². The number of rotatable bonds is 3. The zero-order chi connectivity index (χ0) is 12.1. The fraction of sp³-hybridized carbons (Fsp3) is 0.222. The highest BCUT2D eigenvalue weighted by atomic mass is 35.5. The number of halogens is 1. The van der Waals surface area contributed by atoms with Gasteiger partial charge in [0.2, 0.25) is 0 Å². The van der Waals surface area contributed by atoms with Gasteiger partial charge in [0.25, 0.3) is 5.69 Å². The number of ether oxygens (including phenoxy) is 1. The van der Waals surface area contributed by atoms with Crippen LogP contribution in [0.1, 0.15) is 5.56 Å². The summed E-state index contributed by atoms with van der Waals surface area (Å²) in [4.78, 5) is 20.8. The molecular weight excluding hydrogens is 236 g/mol. The number of carbonyl (C=O) groups excluding carboxylic acids is 1. The minimum Gasteiger partial charge on any atom is -0.453 e. The summed E-state index contributed by atoms with van der Waals surface area (Å²) in [6, 6.07) is 4.11. The van der Waals surface area contributed by atoms with E-state index in [4.69, 9.17) is 11.6 Å². The number of methoxy groups -OCH3 is 1. The Morgan fingerprint density at radius 2 is 2.25 bits per heavy atom. The Balaban J connectivity index is 2.80. The van der Waals surface area contributed by atoms with Gasteiger partial charge in [-0.05, 0) is 11.6 Å². The second-order valence-corrected chi connectivity index (χ2v) is 3.36. The third-order valence-electron chi connectivity index (χ3n) is 1.78. The van der Waals surface area contributed by atoms with Gasteiger partial charge in [0, 0.05) is 23.7 Å². The average Bonchev–Trinajstić information content (AvgIpc) is 2.25. The lowest BCUT2D eigenvalue weighted by atomic mass is 10.2. The molecule has 1 rings (SSSR count). The van der Waals surface area contributed by atoms with Crippen molar-refractivity contribution in [2.75, 3.05) is 7.11 Å². The summed E-state index contributed by atoms with van der Waals surface area (Å²) in [5.74, 6) is 0. The normalized spacial score (nSPS) is 9.62. The molecule has 6 nitrogen and oxygen atoms in total. The second-order valence-electron chi connectivity index (χ2n) is 2.92. The first kappa shape index (κ1) is 12.3. The molecule has 1 aromatic rings. The fourth-order valence-electron chi connectivity index (χ4n) is 1.09. The molecule has 0 aliphatic rings. The zero-order valence-corrected chi connectivity index (χ0v) is 9.15. The molecule has 0 unspecified atom stereocenters. The molecule has 0 spiro atoms. The highest BCUT2D eigenvalue weighted by Crippen LogP contribution is 2.20. The van der Waals surface area contributed by atoms with Gasteiger partial charge in [-0.25, -0.2) is 4.79 Å². The minimum atomic E-state index is -0.609. The van der Waals surface area contributed by atoms with Crippen LogP contribution in [0.25, 0.3) is 0 Å². The van der Waals surface area contributed by atoms with Gasteiger partial charge in [-0.1, -0.05) is 11.6 Å². The van der Waals surface area contributed by atoms with Crippen LogP contribution in [-0.2, 0) is 11.3 Å². The van der Waals surface area contributed by atoms with Crippen molar-refractivity contribution in [3.8, 4) is 0 Å². The van der Waals surface area contributed by atoms with Crippen LogP contribution in [0.5, 0.6) is 0 Å². The van der Waals surface area contributed by atoms with Crippen LogP contribution in [0.4, 0.5) is 10.5 Å². The number of hydrogen-bond acceptors (Lipinski definition) is 4. The van der Waals surface area contributed by atoms with Gasteiger partial charge in [0.05, 0.1) is 12.0 Å². The Hall–Kier alpha value is -1.82. The Labute approximate surface area is 96.3 Å². The predicted octanol–water partition coefficient (Wildman–Crippen LogP) is 2.10. The summed E-state index contributed by atoms with van der Waals surface area (Å²) in [7, 11) is 1.23. The number of hydrogen-bond donors (Lipinski definition) is 1. The molecule has 7 heteroatoms. The van der Waals surface area contributed by atoms with E-state index in [-0.39, 0.29) is 17.3 Å². The summed E-state index contributed by atoms with van der Waals surface area (Å²) in [6.07, 6.45) is -0.609. The van der Waals surface area contributed by atoms with Crippen molar-refractivity contribution in [1.29, 1.82) is 0 Å². The van der Waals surface area contributed by atoms with Crippen LogP contribution >= 0.6 is 11.6 Å². The first-order valence-corrected chi connectivity index (χ1v) is 4.66. The quantitative estimate of drug-likeness (QED) is 0.652. The molecule has 16 heavy (non-hydrogen) atoms. The van der Waals surface area contributed by atoms with E-state index in [0.29, 0.717) is 5.56 Å². The topological polar surface area (TPSA) is 81.5 Å². The Morgan fingerprint density at radius 3 is 2.81 bits per heavy atom. The molecular formula is C9H9ClN2O4. The molecule has 0 aliphatic heterocycles. The standard InChI is InChI=1S/C9H9ClN2O4/c1-16-9(13)11-5-6-2-7(10)4-8(3-6)12(14)15/h2-4H,5H2,1H3,(H,11,13). The van der Waals surface area contributed by atoms with Gasteiger partial charge in [0.1, 0.15) is 0 Å². The molecule has 0 radical (unpaired) electrons. The minimum absolute atomic E-state index is 0.117. The fourth-order valence-corrected chi connectivity index (χ4v) is 1.34. The SMILES string of the molecule is COC(=O)NCc1cc(Cl)cc([N+](=O)[O-])c1. The summed E-state index contributed by atoms with van der Waals surface area (Å²) in [5, 5.41) is 13.2. The molecule has 0 saturated carbocycles. The van der Waals surface area contributed by atoms with Crippen LogP contribution in [0.2, 0.25) is 5.02 Å². The Kier molecular flexibility index (Phi) is 4.07. The van der Waals surface area contributed by atoms with E-state index in [9.17, 15) is 14.9 Å². The smallest absolute Gasteiger partial charge is 0.407 e. The lowest BCUT2D eigenvalue weighted by Crippen LogP contribution is -2.22. The van der Waals surface area contributed by atoms with Crippen LogP contribution in [0.3, 0.4) is 0 Å². The molecule has 1 aromatic carbocycles. The number of nitrogens with one attached hydrogen (secondary N) is 1. The second kappa shape index (κ2) is 5.32. The monoisotopic (exact) mass is 244 g/mol. The van der Waals surface area contributed by atoms with Gasteiger partial charge in [-0.3, -0.25) is 10.1 Å². The summed E-state index contributed by atoms with van der Waals surface area (Å²) in [5.41, 5.74) is 0.416. The number of nitro benzene ring substituents is 1. The van der Waals surface area contributed by atoms with Crippen LogP contribution < -0.4 is 5.32 Å². The highest BCUT2D eigenvalue weighted by Gasteiger charge is 2.09. The number of carbonyl (C=O) groups is 1. The Morgan fingerprint density at radius 1 is 1.56 bits per heavy atom. The maximum atomic E-state index is 10.8. The van der Waals surface area contributed by atoms with E-state index in [1.807, 2.05) is 0 Å². The van der Waals surface area contributed by atoms with E-state index in [1.165, 1.54) is 25.3 Å². The van der Waals surface area contributed by atoms with Crippen molar-refractivity contribution in [1.82, 2.24) is 5.32 Å². The molecule has 0 atom stereocenters. The molecule has 0 bridgehead atoms. The van der Waals surface area contributed by atoms with Gasteiger partial charge in [-0.15, -0.1) is 0 Å².